The van der Waals surface area contributed by atoms with Crippen LogP contribution in [0.4, 0.5) is 0 Å². The fraction of sp³-hybridized carbons (Fsp3) is 0.346. The third-order valence-corrected chi connectivity index (χ3v) is 6.30. The number of fused-ring (bicyclic) bond motifs is 4. The molecular formula is C26H28N2O3. The van der Waals surface area contributed by atoms with Gasteiger partial charge in [0, 0.05) is 25.5 Å². The highest BCUT2D eigenvalue weighted by atomic mass is 16.7. The minimum atomic E-state index is 0.292. The zero-order valence-corrected chi connectivity index (χ0v) is 17.7. The van der Waals surface area contributed by atoms with Gasteiger partial charge in [0.25, 0.3) is 0 Å². The van der Waals surface area contributed by atoms with Gasteiger partial charge >= 0.3 is 0 Å². The van der Waals surface area contributed by atoms with Crippen molar-refractivity contribution < 1.29 is 14.6 Å². The third-order valence-electron chi connectivity index (χ3n) is 6.30. The van der Waals surface area contributed by atoms with Crippen LogP contribution in [0.5, 0.6) is 17.2 Å². The molecule has 2 aliphatic rings. The van der Waals surface area contributed by atoms with Crippen LogP contribution in [0.15, 0.2) is 54.9 Å². The minimum Gasteiger partial charge on any atom is -0.508 e. The van der Waals surface area contributed by atoms with Crippen molar-refractivity contribution in [2.45, 2.75) is 38.6 Å². The van der Waals surface area contributed by atoms with Gasteiger partial charge in [0.05, 0.1) is 0 Å². The lowest BCUT2D eigenvalue weighted by atomic mass is 9.95. The van der Waals surface area contributed by atoms with Gasteiger partial charge in [-0.25, -0.2) is 0 Å². The van der Waals surface area contributed by atoms with Crippen LogP contribution in [0.25, 0.3) is 0 Å². The van der Waals surface area contributed by atoms with E-state index in [0.717, 1.165) is 68.8 Å². The summed E-state index contributed by atoms with van der Waals surface area (Å²) < 4.78 is 11.3. The molecule has 1 N–H and O–H groups in total. The molecule has 2 bridgehead atoms. The fourth-order valence-corrected chi connectivity index (χ4v) is 4.55. The molecule has 5 nitrogen and oxygen atoms in total. The number of benzene rings is 2. The molecule has 3 heterocycles. The van der Waals surface area contributed by atoms with Crippen molar-refractivity contribution in [3.63, 3.8) is 0 Å². The highest BCUT2D eigenvalue weighted by molar-refractivity contribution is 5.49. The number of aromatic nitrogens is 1. The maximum absolute atomic E-state index is 10.4. The molecule has 31 heavy (non-hydrogen) atoms. The van der Waals surface area contributed by atoms with E-state index in [9.17, 15) is 5.11 Å². The van der Waals surface area contributed by atoms with Crippen LogP contribution in [0.2, 0.25) is 0 Å². The van der Waals surface area contributed by atoms with Gasteiger partial charge in [-0.05, 0) is 96.8 Å². The summed E-state index contributed by atoms with van der Waals surface area (Å²) in [7, 11) is 0. The third kappa shape index (κ3) is 4.67. The number of aryl methyl sites for hydroxylation is 3. The maximum atomic E-state index is 10.4. The summed E-state index contributed by atoms with van der Waals surface area (Å²) in [4.78, 5) is 6.67. The number of aromatic hydroxyl groups is 1. The lowest BCUT2D eigenvalue weighted by molar-refractivity contribution is 0.174. The lowest BCUT2D eigenvalue weighted by Gasteiger charge is -2.23. The second-order valence-electron chi connectivity index (χ2n) is 8.42. The first-order valence-corrected chi connectivity index (χ1v) is 11.1. The summed E-state index contributed by atoms with van der Waals surface area (Å²) in [6.45, 7) is 3.23. The second-order valence-corrected chi connectivity index (χ2v) is 8.42. The summed E-state index contributed by atoms with van der Waals surface area (Å²) in [6.07, 6.45) is 8.48. The fourth-order valence-electron chi connectivity index (χ4n) is 4.55. The molecule has 5 heteroatoms. The molecular weight excluding hydrogens is 388 g/mol. The van der Waals surface area contributed by atoms with Gasteiger partial charge in [0.2, 0.25) is 6.79 Å². The Morgan fingerprint density at radius 2 is 1.55 bits per heavy atom. The standard InChI is InChI=1S/C26H28N2O3/c29-24-6-3-19-9-13-28(17-20-7-10-27-11-8-20)12-1-2-21-15-25-26(31-18-30-25)16-22(21)4-5-23(24)14-19/h3,6-8,10-11,14-16,29H,1-2,4-5,9,12-13,17-18H2. The van der Waals surface area contributed by atoms with Crippen molar-refractivity contribution >= 4 is 0 Å². The smallest absolute Gasteiger partial charge is 0.231 e. The molecule has 0 unspecified atom stereocenters. The van der Waals surface area contributed by atoms with E-state index in [0.29, 0.717) is 12.5 Å². The molecule has 0 amide bonds. The Bertz CT molecular complexity index is 1050. The van der Waals surface area contributed by atoms with Gasteiger partial charge < -0.3 is 14.6 Å². The minimum absolute atomic E-state index is 0.292. The Morgan fingerprint density at radius 1 is 0.806 bits per heavy atom. The van der Waals surface area contributed by atoms with Crippen LogP contribution in [-0.2, 0) is 32.2 Å². The average molecular weight is 417 g/mol. The lowest BCUT2D eigenvalue weighted by Crippen LogP contribution is -2.27. The van der Waals surface area contributed by atoms with Crippen molar-refractivity contribution in [1.29, 1.82) is 0 Å². The van der Waals surface area contributed by atoms with Crippen LogP contribution in [0, 0.1) is 0 Å². The molecule has 0 saturated carbocycles. The van der Waals surface area contributed by atoms with E-state index in [4.69, 9.17) is 9.47 Å². The van der Waals surface area contributed by atoms with E-state index in [-0.39, 0.29) is 0 Å². The maximum Gasteiger partial charge on any atom is 0.231 e. The second kappa shape index (κ2) is 8.98. The summed E-state index contributed by atoms with van der Waals surface area (Å²) in [6, 6.07) is 14.5. The number of rotatable bonds is 2. The summed E-state index contributed by atoms with van der Waals surface area (Å²) in [5.41, 5.74) is 6.19. The summed E-state index contributed by atoms with van der Waals surface area (Å²) >= 11 is 0. The first-order valence-electron chi connectivity index (χ1n) is 11.1. The normalized spacial score (nSPS) is 16.6. The monoisotopic (exact) mass is 416 g/mol. The van der Waals surface area contributed by atoms with Gasteiger partial charge in [-0.3, -0.25) is 9.88 Å². The average Bonchev–Trinajstić information content (AvgIpc) is 3.25. The Hall–Kier alpha value is -3.05. The highest BCUT2D eigenvalue weighted by Gasteiger charge is 2.18. The van der Waals surface area contributed by atoms with E-state index in [1.807, 2.05) is 18.5 Å². The number of ether oxygens (including phenoxy) is 2. The molecule has 1 aromatic heterocycles. The van der Waals surface area contributed by atoms with Crippen molar-refractivity contribution in [3.8, 4) is 17.2 Å². The van der Waals surface area contributed by atoms with Gasteiger partial charge in [-0.1, -0.05) is 12.1 Å². The van der Waals surface area contributed by atoms with E-state index in [2.05, 4.69) is 46.3 Å². The number of hydrogen-bond acceptors (Lipinski definition) is 5. The molecule has 0 spiro atoms. The van der Waals surface area contributed by atoms with Gasteiger partial charge in [0.15, 0.2) is 11.5 Å². The molecule has 0 radical (unpaired) electrons. The van der Waals surface area contributed by atoms with Crippen LogP contribution >= 0.6 is 0 Å². The first-order chi connectivity index (χ1) is 15.2. The predicted octanol–water partition coefficient (Wildman–Crippen LogP) is 4.29. The van der Waals surface area contributed by atoms with E-state index >= 15 is 0 Å². The van der Waals surface area contributed by atoms with Crippen LogP contribution in [0.3, 0.4) is 0 Å². The Labute approximate surface area is 183 Å². The molecule has 5 rings (SSSR count). The summed E-state index contributed by atoms with van der Waals surface area (Å²) in [5, 5.41) is 10.4. The van der Waals surface area contributed by atoms with E-state index in [1.54, 1.807) is 0 Å². The van der Waals surface area contributed by atoms with Crippen LogP contribution in [0.1, 0.15) is 34.2 Å². The topological polar surface area (TPSA) is 54.8 Å². The number of hydrogen-bond donors (Lipinski definition) is 1. The molecule has 2 aliphatic heterocycles. The van der Waals surface area contributed by atoms with Crippen molar-refractivity contribution in [3.05, 3.63) is 82.7 Å². The van der Waals surface area contributed by atoms with E-state index < -0.39 is 0 Å². The molecule has 0 aliphatic carbocycles. The largest absolute Gasteiger partial charge is 0.508 e. The van der Waals surface area contributed by atoms with Gasteiger partial charge in [-0.15, -0.1) is 0 Å². The van der Waals surface area contributed by atoms with Crippen molar-refractivity contribution in [2.75, 3.05) is 19.9 Å². The first kappa shape index (κ1) is 19.9. The SMILES string of the molecule is Oc1ccc2cc1CCc1cc3c(cc1CCCN(Cc1ccncc1)CC2)OCO3. The molecule has 160 valence electrons. The Kier molecular flexibility index (Phi) is 5.76. The quantitative estimate of drug-likeness (QED) is 0.675. The number of pyridine rings is 1. The number of nitrogens with zero attached hydrogens (tertiary/aromatic N) is 2. The Morgan fingerprint density at radius 3 is 2.35 bits per heavy atom. The van der Waals surface area contributed by atoms with Crippen LogP contribution in [-0.4, -0.2) is 34.9 Å². The van der Waals surface area contributed by atoms with Crippen molar-refractivity contribution in [2.24, 2.45) is 0 Å². The summed E-state index contributed by atoms with van der Waals surface area (Å²) in [5.74, 6) is 2.07. The Balaban J connectivity index is 1.44. The molecule has 2 aromatic carbocycles. The number of phenols is 1. The van der Waals surface area contributed by atoms with E-state index in [1.165, 1.54) is 22.3 Å². The van der Waals surface area contributed by atoms with Crippen LogP contribution < -0.4 is 9.47 Å². The molecule has 3 aromatic rings. The molecule has 0 fully saturated rings. The zero-order valence-electron chi connectivity index (χ0n) is 17.7. The molecule has 0 saturated heterocycles. The van der Waals surface area contributed by atoms with Gasteiger partial charge in [0.1, 0.15) is 5.75 Å². The predicted molar refractivity (Wildman–Crippen MR) is 120 cm³/mol. The highest BCUT2D eigenvalue weighted by Crippen LogP contribution is 2.36. The zero-order chi connectivity index (χ0) is 21.0. The van der Waals surface area contributed by atoms with Gasteiger partial charge in [-0.2, -0.15) is 0 Å². The number of phenolic OH excluding ortho intramolecular Hbond substituents is 1. The molecule has 0 atom stereocenters. The van der Waals surface area contributed by atoms with Crippen molar-refractivity contribution in [1.82, 2.24) is 9.88 Å².